The molecule has 118 valence electrons. The van der Waals surface area contributed by atoms with Crippen LogP contribution in [0.15, 0.2) is 51.9 Å². The maximum Gasteiger partial charge on any atom is 0.416 e. The highest BCUT2D eigenvalue weighted by atomic mass is 79.9. The Kier molecular flexibility index (Phi) is 3.93. The number of rotatable bonds is 1. The molecule has 0 bridgehead atoms. The molecule has 23 heavy (non-hydrogen) atoms. The highest BCUT2D eigenvalue weighted by Gasteiger charge is 2.31. The molecule has 3 rings (SSSR count). The van der Waals surface area contributed by atoms with Gasteiger partial charge in [-0.25, -0.2) is 0 Å². The molecule has 0 N–H and O–H groups in total. The van der Waals surface area contributed by atoms with Gasteiger partial charge in [0, 0.05) is 5.39 Å². The van der Waals surface area contributed by atoms with Crippen molar-refractivity contribution in [1.82, 2.24) is 9.78 Å². The van der Waals surface area contributed by atoms with E-state index in [0.29, 0.717) is 15.4 Å². The molecule has 0 aliphatic rings. The lowest BCUT2D eigenvalue weighted by molar-refractivity contribution is -0.137. The van der Waals surface area contributed by atoms with Crippen LogP contribution in [0.1, 0.15) is 5.56 Å². The zero-order chi connectivity index (χ0) is 16.8. The Labute approximate surface area is 141 Å². The van der Waals surface area contributed by atoms with E-state index in [1.54, 1.807) is 24.3 Å². The number of benzene rings is 2. The van der Waals surface area contributed by atoms with E-state index in [1.165, 1.54) is 0 Å². The van der Waals surface area contributed by atoms with Crippen molar-refractivity contribution in [1.29, 1.82) is 0 Å². The Morgan fingerprint density at radius 1 is 1.09 bits per heavy atom. The predicted molar refractivity (Wildman–Crippen MR) is 85.1 cm³/mol. The van der Waals surface area contributed by atoms with Crippen LogP contribution in [0.2, 0.25) is 5.02 Å². The molecule has 0 unspecified atom stereocenters. The van der Waals surface area contributed by atoms with Crippen LogP contribution < -0.4 is 5.56 Å². The van der Waals surface area contributed by atoms with Crippen molar-refractivity contribution >= 4 is 38.3 Å². The second-order valence-corrected chi connectivity index (χ2v) is 5.88. The lowest BCUT2D eigenvalue weighted by atomic mass is 10.2. The fourth-order valence-corrected chi connectivity index (χ4v) is 2.93. The molecule has 0 amide bonds. The Balaban J connectivity index is 2.26. The largest absolute Gasteiger partial charge is 0.416 e. The van der Waals surface area contributed by atoms with Gasteiger partial charge in [-0.2, -0.15) is 23.0 Å². The molecule has 0 saturated heterocycles. The van der Waals surface area contributed by atoms with Gasteiger partial charge in [0.25, 0.3) is 5.56 Å². The van der Waals surface area contributed by atoms with Crippen LogP contribution in [0.25, 0.3) is 16.5 Å². The third-order valence-electron chi connectivity index (χ3n) is 3.26. The fourth-order valence-electron chi connectivity index (χ4n) is 2.17. The van der Waals surface area contributed by atoms with E-state index in [9.17, 15) is 18.0 Å². The van der Waals surface area contributed by atoms with Crippen molar-refractivity contribution in [3.8, 4) is 5.69 Å². The molecule has 3 aromatic rings. The molecular formula is C15H7BrClF3N2O. The maximum absolute atomic E-state index is 12.7. The molecule has 3 nitrogen and oxygen atoms in total. The van der Waals surface area contributed by atoms with Crippen LogP contribution in [0.4, 0.5) is 13.2 Å². The zero-order valence-electron chi connectivity index (χ0n) is 11.2. The summed E-state index contributed by atoms with van der Waals surface area (Å²) < 4.78 is 39.5. The molecule has 0 spiro atoms. The summed E-state index contributed by atoms with van der Waals surface area (Å²) in [5, 5.41) is 4.86. The SMILES string of the molecule is O=c1c2ccccc2c(Br)nn1-c1ccc(C(F)(F)F)cc1Cl. The molecule has 0 atom stereocenters. The zero-order valence-corrected chi connectivity index (χ0v) is 13.6. The summed E-state index contributed by atoms with van der Waals surface area (Å²) >= 11 is 9.19. The Morgan fingerprint density at radius 2 is 1.74 bits per heavy atom. The average molecular weight is 404 g/mol. The van der Waals surface area contributed by atoms with Gasteiger partial charge in [-0.15, -0.1) is 0 Å². The number of hydrogen-bond acceptors (Lipinski definition) is 2. The van der Waals surface area contributed by atoms with Gasteiger partial charge >= 0.3 is 6.18 Å². The second kappa shape index (κ2) is 5.65. The van der Waals surface area contributed by atoms with Gasteiger partial charge < -0.3 is 0 Å². The Hall–Kier alpha value is -1.86. The lowest BCUT2D eigenvalue weighted by Crippen LogP contribution is -2.22. The third-order valence-corrected chi connectivity index (χ3v) is 4.15. The monoisotopic (exact) mass is 402 g/mol. The molecular weight excluding hydrogens is 397 g/mol. The van der Waals surface area contributed by atoms with Crippen LogP contribution in [0.5, 0.6) is 0 Å². The maximum atomic E-state index is 12.7. The summed E-state index contributed by atoms with van der Waals surface area (Å²) in [7, 11) is 0. The molecule has 0 fully saturated rings. The van der Waals surface area contributed by atoms with Crippen molar-refractivity contribution < 1.29 is 13.2 Å². The highest BCUT2D eigenvalue weighted by molar-refractivity contribution is 9.10. The third kappa shape index (κ3) is 2.86. The molecule has 1 heterocycles. The predicted octanol–water partition coefficient (Wildman–Crippen LogP) is 4.82. The molecule has 0 radical (unpaired) electrons. The summed E-state index contributed by atoms with van der Waals surface area (Å²) in [5.41, 5.74) is -1.28. The van der Waals surface area contributed by atoms with Gasteiger partial charge in [0.15, 0.2) is 0 Å². The summed E-state index contributed by atoms with van der Waals surface area (Å²) in [6.45, 7) is 0. The highest BCUT2D eigenvalue weighted by Crippen LogP contribution is 2.33. The molecule has 1 aromatic heterocycles. The van der Waals surface area contributed by atoms with Gasteiger partial charge in [-0.3, -0.25) is 4.79 Å². The molecule has 2 aromatic carbocycles. The van der Waals surface area contributed by atoms with Gasteiger partial charge in [0.05, 0.1) is 21.7 Å². The Morgan fingerprint density at radius 3 is 2.35 bits per heavy atom. The summed E-state index contributed by atoms with van der Waals surface area (Å²) in [4.78, 5) is 12.5. The van der Waals surface area contributed by atoms with E-state index in [0.717, 1.165) is 22.9 Å². The summed E-state index contributed by atoms with van der Waals surface area (Å²) in [5.74, 6) is 0. The normalized spacial score (nSPS) is 11.9. The van der Waals surface area contributed by atoms with Crippen LogP contribution in [-0.2, 0) is 6.18 Å². The first-order valence-electron chi connectivity index (χ1n) is 6.34. The van der Waals surface area contributed by atoms with Crippen LogP contribution >= 0.6 is 27.5 Å². The van der Waals surface area contributed by atoms with Crippen molar-refractivity contribution in [2.45, 2.75) is 6.18 Å². The van der Waals surface area contributed by atoms with E-state index in [1.807, 2.05) is 0 Å². The topological polar surface area (TPSA) is 34.9 Å². The summed E-state index contributed by atoms with van der Waals surface area (Å²) in [6.07, 6.45) is -4.51. The van der Waals surface area contributed by atoms with Crippen LogP contribution in [0, 0.1) is 0 Å². The van der Waals surface area contributed by atoms with Crippen LogP contribution in [0.3, 0.4) is 0 Å². The first kappa shape index (κ1) is 16.0. The first-order valence-corrected chi connectivity index (χ1v) is 7.51. The van der Waals surface area contributed by atoms with E-state index in [4.69, 9.17) is 11.6 Å². The number of fused-ring (bicyclic) bond motifs is 1. The fraction of sp³-hybridized carbons (Fsp3) is 0.0667. The number of halogens is 5. The minimum Gasteiger partial charge on any atom is -0.267 e. The molecule has 8 heteroatoms. The van der Waals surface area contributed by atoms with Gasteiger partial charge in [0.1, 0.15) is 4.60 Å². The average Bonchev–Trinajstić information content (AvgIpc) is 2.50. The molecule has 0 aliphatic heterocycles. The Bertz CT molecular complexity index is 969. The van der Waals surface area contributed by atoms with Crippen molar-refractivity contribution in [2.24, 2.45) is 0 Å². The lowest BCUT2D eigenvalue weighted by Gasteiger charge is -2.12. The smallest absolute Gasteiger partial charge is 0.267 e. The summed E-state index contributed by atoms with van der Waals surface area (Å²) in [6, 6.07) is 9.52. The van der Waals surface area contributed by atoms with Gasteiger partial charge in [-0.05, 0) is 40.2 Å². The van der Waals surface area contributed by atoms with Crippen LogP contribution in [-0.4, -0.2) is 9.78 Å². The first-order chi connectivity index (χ1) is 10.8. The molecule has 0 saturated carbocycles. The van der Waals surface area contributed by atoms with Crippen molar-refractivity contribution in [3.63, 3.8) is 0 Å². The number of nitrogens with zero attached hydrogens (tertiary/aromatic N) is 2. The van der Waals surface area contributed by atoms with E-state index < -0.39 is 17.3 Å². The number of hydrogen-bond donors (Lipinski definition) is 0. The van der Waals surface area contributed by atoms with Crippen molar-refractivity contribution in [3.05, 3.63) is 68.0 Å². The standard InChI is InChI=1S/C15H7BrClF3N2O/c16-13-9-3-1-2-4-10(9)14(23)22(21-13)12-6-5-8(7-11(12)17)15(18,19)20/h1-7H. The van der Waals surface area contributed by atoms with Gasteiger partial charge in [-0.1, -0.05) is 29.8 Å². The second-order valence-electron chi connectivity index (χ2n) is 4.72. The van der Waals surface area contributed by atoms with E-state index in [2.05, 4.69) is 21.0 Å². The minimum absolute atomic E-state index is 0.0797. The van der Waals surface area contributed by atoms with Crippen molar-refractivity contribution in [2.75, 3.05) is 0 Å². The van der Waals surface area contributed by atoms with E-state index >= 15 is 0 Å². The van der Waals surface area contributed by atoms with E-state index in [-0.39, 0.29) is 10.7 Å². The molecule has 0 aliphatic carbocycles. The number of alkyl halides is 3. The number of aromatic nitrogens is 2. The minimum atomic E-state index is -4.51. The quantitative estimate of drug-likeness (QED) is 0.584. The van der Waals surface area contributed by atoms with Gasteiger partial charge in [0.2, 0.25) is 0 Å².